The molecule has 0 fully saturated rings. The predicted octanol–water partition coefficient (Wildman–Crippen LogP) is 2.31. The summed E-state index contributed by atoms with van der Waals surface area (Å²) in [5, 5.41) is -0.131. The molecule has 1 unspecified atom stereocenters. The van der Waals surface area contributed by atoms with Gasteiger partial charge in [0, 0.05) is 32.9 Å². The van der Waals surface area contributed by atoms with Gasteiger partial charge >= 0.3 is 0 Å². The molecular formula is C14H21ClN4O. The molecule has 2 aromatic heterocycles. The molecule has 0 saturated carbocycles. The van der Waals surface area contributed by atoms with Gasteiger partial charge in [-0.05, 0) is 26.1 Å². The molecule has 6 heteroatoms. The molecule has 0 spiro atoms. The second-order valence-corrected chi connectivity index (χ2v) is 5.53. The van der Waals surface area contributed by atoms with Crippen molar-refractivity contribution in [2.45, 2.75) is 18.8 Å². The zero-order valence-corrected chi connectivity index (χ0v) is 13.0. The van der Waals surface area contributed by atoms with Crippen LogP contribution in [-0.2, 0) is 11.3 Å². The molecule has 1 atom stereocenters. The number of ether oxygens (including phenoxy) is 1. The van der Waals surface area contributed by atoms with E-state index in [9.17, 15) is 0 Å². The highest BCUT2D eigenvalue weighted by atomic mass is 35.5. The molecule has 2 rings (SSSR count). The number of hydrogen-bond donors (Lipinski definition) is 0. The molecular weight excluding hydrogens is 276 g/mol. The fourth-order valence-electron chi connectivity index (χ4n) is 2.13. The third-order valence-electron chi connectivity index (χ3n) is 3.27. The molecule has 0 aliphatic heterocycles. The van der Waals surface area contributed by atoms with Crippen molar-refractivity contribution in [3.8, 4) is 0 Å². The highest BCUT2D eigenvalue weighted by Gasteiger charge is 2.15. The SMILES string of the molecule is COCCN(C)CCn1c(C(C)Cl)nc2cccnc21. The molecule has 0 radical (unpaired) electrons. The van der Waals surface area contributed by atoms with Gasteiger partial charge < -0.3 is 14.2 Å². The summed E-state index contributed by atoms with van der Waals surface area (Å²) in [6, 6.07) is 3.86. The van der Waals surface area contributed by atoms with Crippen LogP contribution in [0, 0.1) is 0 Å². The van der Waals surface area contributed by atoms with E-state index in [0.717, 1.165) is 43.2 Å². The first-order valence-electron chi connectivity index (χ1n) is 6.76. The van der Waals surface area contributed by atoms with E-state index in [4.69, 9.17) is 16.3 Å². The van der Waals surface area contributed by atoms with E-state index < -0.39 is 0 Å². The monoisotopic (exact) mass is 296 g/mol. The van der Waals surface area contributed by atoms with Gasteiger partial charge in [-0.2, -0.15) is 0 Å². The van der Waals surface area contributed by atoms with Crippen molar-refractivity contribution in [2.75, 3.05) is 33.9 Å². The first-order valence-corrected chi connectivity index (χ1v) is 7.20. The second-order valence-electron chi connectivity index (χ2n) is 4.88. The molecule has 0 aliphatic carbocycles. The number of halogens is 1. The van der Waals surface area contributed by atoms with Crippen LogP contribution in [0.4, 0.5) is 0 Å². The molecule has 0 bridgehead atoms. The average Bonchev–Trinajstić information content (AvgIpc) is 2.82. The number of fused-ring (bicyclic) bond motifs is 1. The van der Waals surface area contributed by atoms with Crippen LogP contribution in [0.5, 0.6) is 0 Å². The summed E-state index contributed by atoms with van der Waals surface area (Å²) in [6.07, 6.45) is 1.79. The van der Waals surface area contributed by atoms with Crippen LogP contribution in [0.1, 0.15) is 18.1 Å². The van der Waals surface area contributed by atoms with E-state index in [1.165, 1.54) is 0 Å². The Labute approximate surface area is 124 Å². The van der Waals surface area contributed by atoms with Crippen molar-refractivity contribution < 1.29 is 4.74 Å². The Morgan fingerprint density at radius 2 is 2.25 bits per heavy atom. The lowest BCUT2D eigenvalue weighted by Gasteiger charge is -2.17. The highest BCUT2D eigenvalue weighted by Crippen LogP contribution is 2.23. The summed E-state index contributed by atoms with van der Waals surface area (Å²) in [5.74, 6) is 0.875. The minimum Gasteiger partial charge on any atom is -0.383 e. The van der Waals surface area contributed by atoms with E-state index in [0.29, 0.717) is 0 Å². The van der Waals surface area contributed by atoms with Crippen LogP contribution in [-0.4, -0.2) is 53.3 Å². The topological polar surface area (TPSA) is 43.2 Å². The van der Waals surface area contributed by atoms with Crippen LogP contribution >= 0.6 is 11.6 Å². The molecule has 0 saturated heterocycles. The van der Waals surface area contributed by atoms with Crippen molar-refractivity contribution in [3.05, 3.63) is 24.2 Å². The Kier molecular flexibility index (Phi) is 5.34. The van der Waals surface area contributed by atoms with Gasteiger partial charge in [-0.1, -0.05) is 0 Å². The van der Waals surface area contributed by atoms with Crippen molar-refractivity contribution in [1.29, 1.82) is 0 Å². The Bertz CT molecular complexity index is 555. The molecule has 2 heterocycles. The number of imidazole rings is 1. The van der Waals surface area contributed by atoms with Crippen LogP contribution in [0.3, 0.4) is 0 Å². The average molecular weight is 297 g/mol. The lowest BCUT2D eigenvalue weighted by molar-refractivity contribution is 0.159. The molecule has 0 N–H and O–H groups in total. The Morgan fingerprint density at radius 1 is 1.45 bits per heavy atom. The molecule has 0 amide bonds. The van der Waals surface area contributed by atoms with Gasteiger partial charge in [-0.25, -0.2) is 9.97 Å². The van der Waals surface area contributed by atoms with Crippen molar-refractivity contribution in [1.82, 2.24) is 19.4 Å². The van der Waals surface area contributed by atoms with E-state index in [-0.39, 0.29) is 5.38 Å². The molecule has 20 heavy (non-hydrogen) atoms. The fraction of sp³-hybridized carbons (Fsp3) is 0.571. The summed E-state index contributed by atoms with van der Waals surface area (Å²) in [7, 11) is 3.80. The lowest BCUT2D eigenvalue weighted by atomic mass is 10.4. The summed E-state index contributed by atoms with van der Waals surface area (Å²) in [6.45, 7) is 5.30. The summed E-state index contributed by atoms with van der Waals surface area (Å²) < 4.78 is 7.19. The van der Waals surface area contributed by atoms with Crippen molar-refractivity contribution in [3.63, 3.8) is 0 Å². The largest absolute Gasteiger partial charge is 0.383 e. The first kappa shape index (κ1) is 15.2. The van der Waals surface area contributed by atoms with Gasteiger partial charge in [0.2, 0.25) is 0 Å². The number of aromatic nitrogens is 3. The minimum absolute atomic E-state index is 0.131. The Morgan fingerprint density at radius 3 is 2.95 bits per heavy atom. The number of nitrogens with zero attached hydrogens (tertiary/aromatic N) is 4. The van der Waals surface area contributed by atoms with Gasteiger partial charge in [0.1, 0.15) is 11.3 Å². The van der Waals surface area contributed by atoms with Crippen molar-refractivity contribution >= 4 is 22.8 Å². The zero-order valence-electron chi connectivity index (χ0n) is 12.2. The summed E-state index contributed by atoms with van der Waals surface area (Å²) in [5.41, 5.74) is 1.80. The number of hydrogen-bond acceptors (Lipinski definition) is 4. The van der Waals surface area contributed by atoms with Gasteiger partial charge in [0.05, 0.1) is 12.0 Å². The summed E-state index contributed by atoms with van der Waals surface area (Å²) in [4.78, 5) is 11.2. The number of rotatable bonds is 7. The van der Waals surface area contributed by atoms with E-state index in [1.807, 2.05) is 19.1 Å². The molecule has 2 aromatic rings. The fourth-order valence-corrected chi connectivity index (χ4v) is 2.30. The van der Waals surface area contributed by atoms with Crippen molar-refractivity contribution in [2.24, 2.45) is 0 Å². The Hall–Kier alpha value is -1.17. The van der Waals surface area contributed by atoms with Gasteiger partial charge in [-0.3, -0.25) is 0 Å². The second kappa shape index (κ2) is 7.02. The number of alkyl halides is 1. The zero-order chi connectivity index (χ0) is 14.5. The maximum Gasteiger partial charge on any atom is 0.160 e. The van der Waals surface area contributed by atoms with Gasteiger partial charge in [0.25, 0.3) is 0 Å². The lowest BCUT2D eigenvalue weighted by Crippen LogP contribution is -2.27. The molecule has 0 aromatic carbocycles. The third-order valence-corrected chi connectivity index (χ3v) is 3.47. The number of likely N-dealkylation sites (N-methyl/N-ethyl adjacent to an activating group) is 1. The van der Waals surface area contributed by atoms with E-state index in [2.05, 4.69) is 26.5 Å². The maximum absolute atomic E-state index is 6.23. The first-order chi connectivity index (χ1) is 9.63. The quantitative estimate of drug-likeness (QED) is 0.736. The predicted molar refractivity (Wildman–Crippen MR) is 81.2 cm³/mol. The molecule has 5 nitrogen and oxygen atoms in total. The standard InChI is InChI=1S/C14H21ClN4O/c1-11(15)13-17-12-5-4-6-16-14(12)19(13)8-7-18(2)9-10-20-3/h4-6,11H,7-10H2,1-3H3. The van der Waals surface area contributed by atoms with Crippen LogP contribution in [0.15, 0.2) is 18.3 Å². The number of pyridine rings is 1. The summed E-state index contributed by atoms with van der Waals surface area (Å²) >= 11 is 6.23. The number of methoxy groups -OCH3 is 1. The van der Waals surface area contributed by atoms with E-state index in [1.54, 1.807) is 13.3 Å². The van der Waals surface area contributed by atoms with E-state index >= 15 is 0 Å². The minimum atomic E-state index is -0.131. The van der Waals surface area contributed by atoms with Gasteiger partial charge in [0.15, 0.2) is 5.65 Å². The normalized spacial score (nSPS) is 13.2. The molecule has 0 aliphatic rings. The maximum atomic E-state index is 6.23. The third kappa shape index (κ3) is 3.48. The molecule has 110 valence electrons. The smallest absolute Gasteiger partial charge is 0.160 e. The van der Waals surface area contributed by atoms with Crippen LogP contribution < -0.4 is 0 Å². The van der Waals surface area contributed by atoms with Gasteiger partial charge in [-0.15, -0.1) is 11.6 Å². The highest BCUT2D eigenvalue weighted by molar-refractivity contribution is 6.20. The Balaban J connectivity index is 2.17. The van der Waals surface area contributed by atoms with Crippen LogP contribution in [0.25, 0.3) is 11.2 Å². The van der Waals surface area contributed by atoms with Crippen LogP contribution in [0.2, 0.25) is 0 Å².